The van der Waals surface area contributed by atoms with E-state index in [0.717, 1.165) is 0 Å². The van der Waals surface area contributed by atoms with Crippen LogP contribution in [0, 0.1) is 0 Å². The molecule has 10 aromatic carbocycles. The molecule has 62 heavy (non-hydrogen) atoms. The molecule has 0 saturated heterocycles. The Bertz CT molecular complexity index is 3320. The molecule has 12 rings (SSSR count). The number of hydrogen-bond acceptors (Lipinski definition) is 0. The molecule has 0 spiro atoms. The van der Waals surface area contributed by atoms with Gasteiger partial charge in [0.15, 0.2) is 0 Å². The Labute approximate surface area is 360 Å². The lowest BCUT2D eigenvalue weighted by Gasteiger charge is -2.10. The van der Waals surface area contributed by atoms with Gasteiger partial charge < -0.3 is 9.13 Å². The lowest BCUT2D eigenvalue weighted by atomic mass is 9.96. The molecular weight excluding hydrogens is 749 g/mol. The van der Waals surface area contributed by atoms with Crippen LogP contribution in [0.5, 0.6) is 0 Å². The first-order chi connectivity index (χ1) is 30.7. The van der Waals surface area contributed by atoms with Crippen LogP contribution in [-0.4, -0.2) is 9.13 Å². The normalized spacial score (nSPS) is 11.5. The molecule has 0 fully saturated rings. The summed E-state index contributed by atoms with van der Waals surface area (Å²) in [4.78, 5) is 0. The molecule has 0 N–H and O–H groups in total. The fraction of sp³-hybridized carbons (Fsp3) is 0. The number of hydrogen-bond donors (Lipinski definition) is 0. The van der Waals surface area contributed by atoms with Crippen molar-refractivity contribution in [2.24, 2.45) is 0 Å². The third-order valence-electron chi connectivity index (χ3n) is 12.6. The third-order valence-corrected chi connectivity index (χ3v) is 12.6. The number of fused-ring (bicyclic) bond motifs is 6. The molecule has 0 amide bonds. The molecule has 2 heteroatoms. The Hall–Kier alpha value is -8.20. The SMILES string of the molecule is c1ccc(-n2c3ccccc3c3ccc(-c4ccc(-c5ccc(-c6ccc(-c7ccc(-c8ccc9c%10ccccc%10n(-c%10ccccc%10)c9c8)cc7)cc6)cc5)cc4)cc32)cc1. The van der Waals surface area contributed by atoms with E-state index in [4.69, 9.17) is 0 Å². The smallest absolute Gasteiger partial charge is 0.0547 e. The van der Waals surface area contributed by atoms with Crippen LogP contribution in [0.4, 0.5) is 0 Å². The van der Waals surface area contributed by atoms with Crippen molar-refractivity contribution in [1.82, 2.24) is 9.13 Å². The summed E-state index contributed by atoms with van der Waals surface area (Å²) in [5, 5.41) is 5.08. The van der Waals surface area contributed by atoms with Gasteiger partial charge in [0.25, 0.3) is 0 Å². The molecule has 2 aromatic heterocycles. The zero-order valence-electron chi connectivity index (χ0n) is 34.0. The highest BCUT2D eigenvalue weighted by Crippen LogP contribution is 2.38. The van der Waals surface area contributed by atoms with E-state index in [1.165, 1.54) is 111 Å². The van der Waals surface area contributed by atoms with Crippen LogP contribution >= 0.6 is 0 Å². The molecule has 12 aromatic rings. The van der Waals surface area contributed by atoms with Crippen LogP contribution in [-0.2, 0) is 0 Å². The quantitative estimate of drug-likeness (QED) is 0.152. The highest BCUT2D eigenvalue weighted by Gasteiger charge is 2.15. The van der Waals surface area contributed by atoms with Gasteiger partial charge >= 0.3 is 0 Å². The van der Waals surface area contributed by atoms with E-state index in [1.807, 2.05) is 0 Å². The maximum Gasteiger partial charge on any atom is 0.0547 e. The Morgan fingerprint density at radius 2 is 0.419 bits per heavy atom. The van der Waals surface area contributed by atoms with Gasteiger partial charge in [0.05, 0.1) is 22.1 Å². The number of para-hydroxylation sites is 4. The van der Waals surface area contributed by atoms with Gasteiger partial charge in [0.2, 0.25) is 0 Å². The van der Waals surface area contributed by atoms with Crippen molar-refractivity contribution >= 4 is 43.6 Å². The lowest BCUT2D eigenvalue weighted by Crippen LogP contribution is -1.93. The summed E-state index contributed by atoms with van der Waals surface area (Å²) in [6.07, 6.45) is 0. The molecule has 2 nitrogen and oxygen atoms in total. The van der Waals surface area contributed by atoms with Gasteiger partial charge in [-0.05, 0) is 104 Å². The molecule has 0 aliphatic heterocycles. The minimum Gasteiger partial charge on any atom is -0.309 e. The molecule has 0 aliphatic rings. The molecule has 0 bridgehead atoms. The maximum absolute atomic E-state index is 2.38. The van der Waals surface area contributed by atoms with Crippen molar-refractivity contribution in [1.29, 1.82) is 0 Å². The minimum absolute atomic E-state index is 1.17. The highest BCUT2D eigenvalue weighted by molar-refractivity contribution is 6.11. The Balaban J connectivity index is 0.769. The largest absolute Gasteiger partial charge is 0.309 e. The molecular formula is C60H40N2. The van der Waals surface area contributed by atoms with Gasteiger partial charge in [0, 0.05) is 32.9 Å². The maximum atomic E-state index is 2.38. The van der Waals surface area contributed by atoms with Crippen molar-refractivity contribution < 1.29 is 0 Å². The van der Waals surface area contributed by atoms with Crippen molar-refractivity contribution in [3.63, 3.8) is 0 Å². The number of aromatic nitrogens is 2. The first-order valence-corrected chi connectivity index (χ1v) is 21.3. The molecule has 0 saturated carbocycles. The van der Waals surface area contributed by atoms with E-state index in [-0.39, 0.29) is 0 Å². The first-order valence-electron chi connectivity index (χ1n) is 21.3. The zero-order chi connectivity index (χ0) is 41.0. The number of benzene rings is 10. The molecule has 0 radical (unpaired) electrons. The lowest BCUT2D eigenvalue weighted by molar-refractivity contribution is 1.18. The van der Waals surface area contributed by atoms with Crippen molar-refractivity contribution in [2.45, 2.75) is 0 Å². The van der Waals surface area contributed by atoms with E-state index in [1.54, 1.807) is 0 Å². The monoisotopic (exact) mass is 788 g/mol. The first kappa shape index (κ1) is 35.7. The minimum atomic E-state index is 1.17. The molecule has 0 aliphatic carbocycles. The second-order valence-electron chi connectivity index (χ2n) is 16.1. The summed E-state index contributed by atoms with van der Waals surface area (Å²) in [5.41, 5.74) is 19.3. The predicted molar refractivity (Wildman–Crippen MR) is 262 cm³/mol. The molecule has 290 valence electrons. The van der Waals surface area contributed by atoms with Crippen LogP contribution in [0.15, 0.2) is 243 Å². The summed E-state index contributed by atoms with van der Waals surface area (Å²) in [6, 6.07) is 88.2. The summed E-state index contributed by atoms with van der Waals surface area (Å²) >= 11 is 0. The molecule has 0 atom stereocenters. The van der Waals surface area contributed by atoms with Crippen LogP contribution in [0.3, 0.4) is 0 Å². The van der Waals surface area contributed by atoms with Gasteiger partial charge in [-0.3, -0.25) is 0 Å². The van der Waals surface area contributed by atoms with Crippen molar-refractivity contribution in [3.05, 3.63) is 243 Å². The fourth-order valence-electron chi connectivity index (χ4n) is 9.43. The Kier molecular flexibility index (Phi) is 8.53. The van der Waals surface area contributed by atoms with Crippen molar-refractivity contribution in [3.8, 4) is 67.0 Å². The average Bonchev–Trinajstić information content (AvgIpc) is 3.87. The Morgan fingerprint density at radius 1 is 0.177 bits per heavy atom. The molecule has 0 unspecified atom stereocenters. The standard InChI is InChI=1S/C60H40N2/c1-3-11-51(12-4-1)61-57-17-9-7-15-53(57)55-37-35-49(39-59(55)61)47-31-27-45(28-32-47)43-23-19-41(20-24-43)42-21-25-44(26-22-42)46-29-33-48(34-30-46)50-36-38-56-54-16-8-10-18-58(54)62(60(56)40-50)52-13-5-2-6-14-52/h1-40H. The summed E-state index contributed by atoms with van der Waals surface area (Å²) in [5.74, 6) is 0. The van der Waals surface area contributed by atoms with E-state index in [2.05, 4.69) is 252 Å². The second-order valence-corrected chi connectivity index (χ2v) is 16.1. The van der Waals surface area contributed by atoms with E-state index in [9.17, 15) is 0 Å². The van der Waals surface area contributed by atoms with E-state index >= 15 is 0 Å². The van der Waals surface area contributed by atoms with Crippen molar-refractivity contribution in [2.75, 3.05) is 0 Å². The van der Waals surface area contributed by atoms with E-state index in [0.29, 0.717) is 0 Å². The Morgan fingerprint density at radius 3 is 0.742 bits per heavy atom. The fourth-order valence-corrected chi connectivity index (χ4v) is 9.43. The third kappa shape index (κ3) is 6.12. The summed E-state index contributed by atoms with van der Waals surface area (Å²) in [7, 11) is 0. The van der Waals surface area contributed by atoms with Gasteiger partial charge in [-0.25, -0.2) is 0 Å². The van der Waals surface area contributed by atoms with E-state index < -0.39 is 0 Å². The summed E-state index contributed by atoms with van der Waals surface area (Å²) in [6.45, 7) is 0. The van der Waals surface area contributed by atoms with Crippen LogP contribution in [0.1, 0.15) is 0 Å². The summed E-state index contributed by atoms with van der Waals surface area (Å²) < 4.78 is 4.76. The second kappa shape index (κ2) is 14.8. The van der Waals surface area contributed by atoms with Gasteiger partial charge in [0.1, 0.15) is 0 Å². The van der Waals surface area contributed by atoms with Gasteiger partial charge in [-0.2, -0.15) is 0 Å². The average molecular weight is 789 g/mol. The topological polar surface area (TPSA) is 9.86 Å². The van der Waals surface area contributed by atoms with Crippen LogP contribution in [0.25, 0.3) is 111 Å². The van der Waals surface area contributed by atoms with Gasteiger partial charge in [-0.15, -0.1) is 0 Å². The van der Waals surface area contributed by atoms with Crippen LogP contribution < -0.4 is 0 Å². The van der Waals surface area contributed by atoms with Crippen LogP contribution in [0.2, 0.25) is 0 Å². The zero-order valence-corrected chi connectivity index (χ0v) is 34.0. The molecule has 2 heterocycles. The number of nitrogens with zero attached hydrogens (tertiary/aromatic N) is 2. The predicted octanol–water partition coefficient (Wildman–Crippen LogP) is 16.2. The highest BCUT2D eigenvalue weighted by atomic mass is 15.0. The van der Waals surface area contributed by atoms with Gasteiger partial charge in [-0.1, -0.05) is 194 Å². The number of rotatable bonds is 7.